The Morgan fingerprint density at radius 3 is 2.45 bits per heavy atom. The van der Waals surface area contributed by atoms with E-state index in [4.69, 9.17) is 4.74 Å². The molecule has 0 aliphatic carbocycles. The van der Waals surface area contributed by atoms with Gasteiger partial charge in [0.05, 0.1) is 19.1 Å². The molecule has 1 aromatic rings. The summed E-state index contributed by atoms with van der Waals surface area (Å²) in [5.41, 5.74) is 0.0677. The lowest BCUT2D eigenvalue weighted by atomic mass is 10.2. The maximum Gasteiger partial charge on any atom is 0.341 e. The van der Waals surface area contributed by atoms with Gasteiger partial charge in [0, 0.05) is 6.54 Å². The smallest absolute Gasteiger partial charge is 0.341 e. The monoisotopic (exact) mass is 352 g/mol. The zero-order valence-electron chi connectivity index (χ0n) is 12.7. The molecule has 1 aromatic carbocycles. The first kappa shape index (κ1) is 20.6. The molecule has 0 saturated carbocycles. The van der Waals surface area contributed by atoms with Gasteiger partial charge in [0.15, 0.2) is 0 Å². The fraction of sp³-hybridized carbons (Fsp3) is 0.462. The normalized spacial score (nSPS) is 10.7. The van der Waals surface area contributed by atoms with E-state index in [0.29, 0.717) is 19.5 Å². The van der Waals surface area contributed by atoms with Gasteiger partial charge in [-0.05, 0) is 38.2 Å². The quantitative estimate of drug-likeness (QED) is 0.530. The molecule has 22 heavy (non-hydrogen) atoms. The largest absolute Gasteiger partial charge is 0.496 e. The number of hydrogen-bond donors (Lipinski definition) is 2. The molecule has 1 rings (SSSR count). The fourth-order valence-electron chi connectivity index (χ4n) is 1.68. The van der Waals surface area contributed by atoms with Gasteiger partial charge in [-0.15, -0.1) is 12.4 Å². The van der Waals surface area contributed by atoms with Crippen LogP contribution in [0.1, 0.15) is 16.8 Å². The molecular formula is C13H21ClN2O5S. The zero-order chi connectivity index (χ0) is 15.9. The molecule has 0 fully saturated rings. The molecule has 9 heteroatoms. The number of benzene rings is 1. The molecule has 0 aliphatic rings. The van der Waals surface area contributed by atoms with E-state index in [0.717, 1.165) is 0 Å². The van der Waals surface area contributed by atoms with Gasteiger partial charge in [-0.25, -0.2) is 17.9 Å². The Labute approximate surface area is 136 Å². The first-order valence-electron chi connectivity index (χ1n) is 6.37. The molecule has 0 aromatic heterocycles. The van der Waals surface area contributed by atoms with Gasteiger partial charge < -0.3 is 14.8 Å². The molecule has 7 nitrogen and oxygen atoms in total. The van der Waals surface area contributed by atoms with Crippen molar-refractivity contribution in [1.82, 2.24) is 10.0 Å². The third kappa shape index (κ3) is 5.45. The minimum atomic E-state index is -3.67. The highest BCUT2D eigenvalue weighted by Crippen LogP contribution is 2.23. The van der Waals surface area contributed by atoms with Crippen LogP contribution in [0.4, 0.5) is 0 Å². The molecule has 126 valence electrons. The van der Waals surface area contributed by atoms with Crippen molar-refractivity contribution in [2.75, 3.05) is 34.4 Å². The van der Waals surface area contributed by atoms with Crippen molar-refractivity contribution in [3.63, 3.8) is 0 Å². The predicted octanol–water partition coefficient (Wildman–Crippen LogP) is 0.791. The van der Waals surface area contributed by atoms with Crippen LogP contribution in [0.5, 0.6) is 5.75 Å². The van der Waals surface area contributed by atoms with E-state index >= 15 is 0 Å². The SMILES string of the molecule is CNCCCNS(=O)(=O)c1ccc(OC)c(C(=O)OC)c1.Cl. The summed E-state index contributed by atoms with van der Waals surface area (Å²) in [7, 11) is 0.737. The Morgan fingerprint density at radius 2 is 1.91 bits per heavy atom. The maximum absolute atomic E-state index is 12.1. The van der Waals surface area contributed by atoms with Crippen molar-refractivity contribution in [2.24, 2.45) is 0 Å². The second-order valence-corrected chi connectivity index (χ2v) is 5.98. The average molecular weight is 353 g/mol. The summed E-state index contributed by atoms with van der Waals surface area (Å²) >= 11 is 0. The lowest BCUT2D eigenvalue weighted by Crippen LogP contribution is -2.27. The number of sulfonamides is 1. The average Bonchev–Trinajstić information content (AvgIpc) is 2.50. The van der Waals surface area contributed by atoms with Crippen LogP contribution >= 0.6 is 12.4 Å². The molecule has 0 saturated heterocycles. The van der Waals surface area contributed by atoms with Crippen LogP contribution in [0, 0.1) is 0 Å². The number of carbonyl (C=O) groups excluding carboxylic acids is 1. The highest BCUT2D eigenvalue weighted by Gasteiger charge is 2.19. The second kappa shape index (κ2) is 9.62. The van der Waals surface area contributed by atoms with Crippen LogP contribution in [-0.2, 0) is 14.8 Å². The minimum absolute atomic E-state index is 0. The fourth-order valence-corrected chi connectivity index (χ4v) is 2.78. The maximum atomic E-state index is 12.1. The molecular weight excluding hydrogens is 332 g/mol. The van der Waals surface area contributed by atoms with Crippen molar-refractivity contribution in [3.05, 3.63) is 23.8 Å². The first-order chi connectivity index (χ1) is 9.96. The zero-order valence-corrected chi connectivity index (χ0v) is 14.3. The summed E-state index contributed by atoms with van der Waals surface area (Å²) in [6, 6.07) is 4.05. The van der Waals surface area contributed by atoms with E-state index < -0.39 is 16.0 Å². The summed E-state index contributed by atoms with van der Waals surface area (Å²) in [5.74, 6) is -0.393. The van der Waals surface area contributed by atoms with E-state index in [1.165, 1.54) is 32.4 Å². The summed E-state index contributed by atoms with van der Waals surface area (Å²) < 4.78 is 36.4. The summed E-state index contributed by atoms with van der Waals surface area (Å²) in [5, 5.41) is 2.93. The molecule has 0 radical (unpaired) electrons. The van der Waals surface area contributed by atoms with Crippen LogP contribution in [-0.4, -0.2) is 48.7 Å². The van der Waals surface area contributed by atoms with Crippen molar-refractivity contribution in [1.29, 1.82) is 0 Å². The summed E-state index contributed by atoms with van der Waals surface area (Å²) in [4.78, 5) is 11.6. The standard InChI is InChI=1S/C13H20N2O5S.ClH/c1-14-7-4-8-15-21(17,18)10-5-6-12(19-2)11(9-10)13(16)20-3;/h5-6,9,14-15H,4,7-8H2,1-3H3;1H. The van der Waals surface area contributed by atoms with Crippen LogP contribution < -0.4 is 14.8 Å². The molecule has 0 amide bonds. The highest BCUT2D eigenvalue weighted by atomic mass is 35.5. The Kier molecular flexibility index (Phi) is 9.03. The topological polar surface area (TPSA) is 93.7 Å². The molecule has 2 N–H and O–H groups in total. The number of halogens is 1. The van der Waals surface area contributed by atoms with Crippen LogP contribution in [0.15, 0.2) is 23.1 Å². The Hall–Kier alpha value is -1.35. The number of ether oxygens (including phenoxy) is 2. The molecule has 0 aliphatic heterocycles. The number of methoxy groups -OCH3 is 2. The van der Waals surface area contributed by atoms with Gasteiger partial charge in [-0.2, -0.15) is 0 Å². The third-order valence-electron chi connectivity index (χ3n) is 2.78. The highest BCUT2D eigenvalue weighted by molar-refractivity contribution is 7.89. The van der Waals surface area contributed by atoms with E-state index in [1.54, 1.807) is 7.05 Å². The Bertz CT molecular complexity index is 592. The van der Waals surface area contributed by atoms with E-state index in [-0.39, 0.29) is 28.6 Å². The van der Waals surface area contributed by atoms with Crippen molar-refractivity contribution in [2.45, 2.75) is 11.3 Å². The van der Waals surface area contributed by atoms with Crippen molar-refractivity contribution < 1.29 is 22.7 Å². The van der Waals surface area contributed by atoms with Crippen LogP contribution in [0.25, 0.3) is 0 Å². The number of hydrogen-bond acceptors (Lipinski definition) is 6. The summed E-state index contributed by atoms with van der Waals surface area (Å²) in [6.45, 7) is 1.02. The second-order valence-electron chi connectivity index (χ2n) is 4.21. The molecule has 0 bridgehead atoms. The first-order valence-corrected chi connectivity index (χ1v) is 7.85. The predicted molar refractivity (Wildman–Crippen MR) is 85.3 cm³/mol. The van der Waals surface area contributed by atoms with E-state index in [9.17, 15) is 13.2 Å². The van der Waals surface area contributed by atoms with Crippen molar-refractivity contribution >= 4 is 28.4 Å². The minimum Gasteiger partial charge on any atom is -0.496 e. The Morgan fingerprint density at radius 1 is 1.23 bits per heavy atom. The molecule has 0 unspecified atom stereocenters. The molecule has 0 atom stereocenters. The number of esters is 1. The number of nitrogens with one attached hydrogen (secondary N) is 2. The third-order valence-corrected chi connectivity index (χ3v) is 4.24. The number of rotatable bonds is 8. The van der Waals surface area contributed by atoms with Crippen LogP contribution in [0.2, 0.25) is 0 Å². The van der Waals surface area contributed by atoms with Gasteiger partial charge in [0.1, 0.15) is 11.3 Å². The number of carbonyl (C=O) groups is 1. The summed E-state index contributed by atoms with van der Waals surface area (Å²) in [6.07, 6.45) is 0.662. The van der Waals surface area contributed by atoms with Gasteiger partial charge in [-0.1, -0.05) is 0 Å². The molecule has 0 spiro atoms. The van der Waals surface area contributed by atoms with Crippen molar-refractivity contribution in [3.8, 4) is 5.75 Å². The lowest BCUT2D eigenvalue weighted by Gasteiger charge is -2.10. The van der Waals surface area contributed by atoms with Crippen LogP contribution in [0.3, 0.4) is 0 Å². The van der Waals surface area contributed by atoms with Gasteiger partial charge in [0.25, 0.3) is 0 Å². The van der Waals surface area contributed by atoms with Gasteiger partial charge in [0.2, 0.25) is 10.0 Å². The van der Waals surface area contributed by atoms with Gasteiger partial charge >= 0.3 is 5.97 Å². The van der Waals surface area contributed by atoms with Gasteiger partial charge in [-0.3, -0.25) is 0 Å². The van der Waals surface area contributed by atoms with E-state index in [2.05, 4.69) is 14.8 Å². The lowest BCUT2D eigenvalue weighted by molar-refractivity contribution is 0.0597. The van der Waals surface area contributed by atoms with E-state index in [1.807, 2.05) is 0 Å². The molecule has 0 heterocycles. The Balaban J connectivity index is 0.00000441.